The third-order valence-electron chi connectivity index (χ3n) is 1.10. The van der Waals surface area contributed by atoms with Gasteiger partial charge in [-0.15, -0.1) is 0 Å². The average Bonchev–Trinajstić information content (AvgIpc) is 1.85. The number of rotatable bonds is 2. The number of nitrogens with one attached hydrogen (secondary N) is 1. The predicted molar refractivity (Wildman–Crippen MR) is 44.7 cm³/mol. The first-order chi connectivity index (χ1) is 5.08. The van der Waals surface area contributed by atoms with Crippen LogP contribution in [0.15, 0.2) is 30.3 Å². The van der Waals surface area contributed by atoms with E-state index in [2.05, 4.69) is 5.09 Å². The standard InChI is InChI=1S/C7H9FNOP/c1-11(8,10)9-7-5-3-2-4-6-7/h2-6H,1H3,(H,9,10). The molecule has 0 aliphatic heterocycles. The molecule has 11 heavy (non-hydrogen) atoms. The van der Waals surface area contributed by atoms with E-state index in [1.165, 1.54) is 0 Å². The summed E-state index contributed by atoms with van der Waals surface area (Å²) in [6.07, 6.45) is 0. The van der Waals surface area contributed by atoms with Crippen molar-refractivity contribution >= 4 is 13.3 Å². The van der Waals surface area contributed by atoms with Gasteiger partial charge in [-0.05, 0) is 12.1 Å². The lowest BCUT2D eigenvalue weighted by Gasteiger charge is -2.05. The molecule has 2 nitrogen and oxygen atoms in total. The third-order valence-corrected chi connectivity index (χ3v) is 1.76. The van der Waals surface area contributed by atoms with Crippen LogP contribution in [0.3, 0.4) is 0 Å². The average molecular weight is 173 g/mol. The van der Waals surface area contributed by atoms with E-state index < -0.39 is 7.60 Å². The van der Waals surface area contributed by atoms with Crippen molar-refractivity contribution in [1.82, 2.24) is 0 Å². The molecule has 0 bridgehead atoms. The predicted octanol–water partition coefficient (Wildman–Crippen LogP) is 2.89. The van der Waals surface area contributed by atoms with Gasteiger partial charge in [-0.25, -0.2) is 0 Å². The molecule has 1 unspecified atom stereocenters. The second-order valence-electron chi connectivity index (χ2n) is 2.30. The van der Waals surface area contributed by atoms with Crippen molar-refractivity contribution < 1.29 is 8.76 Å². The fourth-order valence-corrected chi connectivity index (χ4v) is 1.35. The van der Waals surface area contributed by atoms with E-state index in [0.717, 1.165) is 6.66 Å². The lowest BCUT2D eigenvalue weighted by atomic mass is 10.3. The lowest BCUT2D eigenvalue weighted by molar-refractivity contribution is 0.551. The number of anilines is 1. The lowest BCUT2D eigenvalue weighted by Crippen LogP contribution is -1.88. The fourth-order valence-electron chi connectivity index (χ4n) is 0.743. The zero-order chi connectivity index (χ0) is 8.32. The van der Waals surface area contributed by atoms with E-state index in [1.54, 1.807) is 24.3 Å². The Bertz CT molecular complexity index is 269. The Hall–Kier alpha value is -0.820. The Balaban J connectivity index is 2.74. The van der Waals surface area contributed by atoms with E-state index >= 15 is 0 Å². The van der Waals surface area contributed by atoms with Crippen LogP contribution in [0.1, 0.15) is 0 Å². The van der Waals surface area contributed by atoms with E-state index in [0.29, 0.717) is 5.69 Å². The minimum atomic E-state index is -3.64. The van der Waals surface area contributed by atoms with Crippen molar-refractivity contribution in [3.05, 3.63) is 30.3 Å². The van der Waals surface area contributed by atoms with Crippen LogP contribution in [-0.2, 0) is 4.57 Å². The summed E-state index contributed by atoms with van der Waals surface area (Å²) in [7, 11) is -3.64. The van der Waals surface area contributed by atoms with Crippen molar-refractivity contribution in [3.8, 4) is 0 Å². The molecular formula is C7H9FNOP. The second-order valence-corrected chi connectivity index (χ2v) is 4.16. The molecule has 0 amide bonds. The van der Waals surface area contributed by atoms with Gasteiger partial charge >= 0.3 is 7.60 Å². The van der Waals surface area contributed by atoms with Crippen LogP contribution in [0.2, 0.25) is 0 Å². The molecule has 1 atom stereocenters. The minimum absolute atomic E-state index is 0.542. The van der Waals surface area contributed by atoms with Gasteiger partial charge in [0.1, 0.15) is 0 Å². The van der Waals surface area contributed by atoms with Crippen molar-refractivity contribution in [1.29, 1.82) is 0 Å². The van der Waals surface area contributed by atoms with Gasteiger partial charge < -0.3 is 5.09 Å². The molecule has 0 heterocycles. The number of halogens is 1. The molecule has 0 aromatic heterocycles. The van der Waals surface area contributed by atoms with E-state index in [9.17, 15) is 8.76 Å². The first kappa shape index (κ1) is 8.28. The number of hydrogen-bond acceptors (Lipinski definition) is 1. The van der Waals surface area contributed by atoms with E-state index in [4.69, 9.17) is 0 Å². The van der Waals surface area contributed by atoms with Gasteiger partial charge in [0.05, 0.1) is 0 Å². The van der Waals surface area contributed by atoms with Crippen molar-refractivity contribution in [3.63, 3.8) is 0 Å². The van der Waals surface area contributed by atoms with E-state index in [-0.39, 0.29) is 0 Å². The van der Waals surface area contributed by atoms with Crippen LogP contribution in [0.25, 0.3) is 0 Å². The highest BCUT2D eigenvalue weighted by Gasteiger charge is 2.10. The maximum Gasteiger partial charge on any atom is 0.328 e. The summed E-state index contributed by atoms with van der Waals surface area (Å²) in [5, 5.41) is 2.27. The van der Waals surface area contributed by atoms with E-state index in [1.807, 2.05) is 6.07 Å². The monoisotopic (exact) mass is 173 g/mol. The van der Waals surface area contributed by atoms with Crippen LogP contribution in [0.4, 0.5) is 9.88 Å². The smallest absolute Gasteiger partial charge is 0.312 e. The first-order valence-electron chi connectivity index (χ1n) is 3.18. The van der Waals surface area contributed by atoms with Crippen molar-refractivity contribution in [2.75, 3.05) is 11.8 Å². The molecule has 0 aliphatic rings. The van der Waals surface area contributed by atoms with Crippen LogP contribution in [0.5, 0.6) is 0 Å². The molecule has 0 fully saturated rings. The topological polar surface area (TPSA) is 29.1 Å². The first-order valence-corrected chi connectivity index (χ1v) is 5.23. The Kier molecular flexibility index (Phi) is 2.30. The molecule has 0 saturated heterocycles. The molecule has 0 aliphatic carbocycles. The summed E-state index contributed by atoms with van der Waals surface area (Å²) in [5.41, 5.74) is 0.542. The highest BCUT2D eigenvalue weighted by Crippen LogP contribution is 2.42. The Labute approximate surface area is 65.0 Å². The van der Waals surface area contributed by atoms with Gasteiger partial charge in [0, 0.05) is 12.4 Å². The normalized spacial score (nSPS) is 15.5. The van der Waals surface area contributed by atoms with Gasteiger partial charge in [0.15, 0.2) is 0 Å². The maximum absolute atomic E-state index is 12.5. The second kappa shape index (κ2) is 3.05. The third kappa shape index (κ3) is 3.19. The van der Waals surface area contributed by atoms with Crippen LogP contribution in [0, 0.1) is 0 Å². The Morgan fingerprint density at radius 2 is 1.91 bits per heavy atom. The SMILES string of the molecule is CP(=O)(F)Nc1ccccc1. The Morgan fingerprint density at radius 3 is 2.36 bits per heavy atom. The highest BCUT2D eigenvalue weighted by atomic mass is 31.2. The molecule has 0 saturated carbocycles. The largest absolute Gasteiger partial charge is 0.328 e. The van der Waals surface area contributed by atoms with Gasteiger partial charge in [-0.3, -0.25) is 4.57 Å². The number of benzene rings is 1. The zero-order valence-corrected chi connectivity index (χ0v) is 7.01. The molecule has 1 aromatic rings. The summed E-state index contributed by atoms with van der Waals surface area (Å²) < 4.78 is 23.1. The molecular weight excluding hydrogens is 164 g/mol. The number of para-hydroxylation sites is 1. The Morgan fingerprint density at radius 1 is 1.36 bits per heavy atom. The summed E-state index contributed by atoms with van der Waals surface area (Å²) in [4.78, 5) is 0. The van der Waals surface area contributed by atoms with Crippen LogP contribution >= 0.6 is 7.60 Å². The minimum Gasteiger partial charge on any atom is -0.312 e. The summed E-state index contributed by atoms with van der Waals surface area (Å²) in [6.45, 7) is 1.04. The maximum atomic E-state index is 12.5. The van der Waals surface area contributed by atoms with Gasteiger partial charge in [-0.1, -0.05) is 18.2 Å². The quantitative estimate of drug-likeness (QED) is 0.696. The molecule has 1 aromatic carbocycles. The zero-order valence-electron chi connectivity index (χ0n) is 6.12. The summed E-state index contributed by atoms with van der Waals surface area (Å²) >= 11 is 0. The molecule has 4 heteroatoms. The van der Waals surface area contributed by atoms with Crippen molar-refractivity contribution in [2.45, 2.75) is 0 Å². The van der Waals surface area contributed by atoms with Crippen LogP contribution in [-0.4, -0.2) is 6.66 Å². The molecule has 1 N–H and O–H groups in total. The number of hydrogen-bond donors (Lipinski definition) is 1. The van der Waals surface area contributed by atoms with Crippen molar-refractivity contribution in [2.24, 2.45) is 0 Å². The highest BCUT2D eigenvalue weighted by molar-refractivity contribution is 7.59. The molecule has 0 radical (unpaired) electrons. The van der Waals surface area contributed by atoms with Crippen LogP contribution < -0.4 is 5.09 Å². The summed E-state index contributed by atoms with van der Waals surface area (Å²) in [5.74, 6) is 0. The van der Waals surface area contributed by atoms with Gasteiger partial charge in [0.2, 0.25) is 0 Å². The molecule has 1 rings (SSSR count). The van der Waals surface area contributed by atoms with Gasteiger partial charge in [-0.2, -0.15) is 4.20 Å². The fraction of sp³-hybridized carbons (Fsp3) is 0.143. The van der Waals surface area contributed by atoms with Gasteiger partial charge in [0.25, 0.3) is 0 Å². The molecule has 60 valence electrons. The summed E-state index contributed by atoms with van der Waals surface area (Å²) in [6, 6.07) is 8.63. The molecule has 0 spiro atoms.